The number of nitrogens with one attached hydrogen (secondary N) is 1. The smallest absolute Gasteiger partial charge is 0.264 e. The molecule has 1 N–H and O–H groups in total. The summed E-state index contributed by atoms with van der Waals surface area (Å²) < 4.78 is 53.4. The number of nitrogens with zero attached hydrogens (tertiary/aromatic N) is 2. The van der Waals surface area contributed by atoms with Crippen molar-refractivity contribution in [1.29, 1.82) is 0 Å². The number of methoxy groups -OCH3 is 2. The molecule has 1 saturated carbocycles. The minimum atomic E-state index is -4.42. The molecule has 3 aromatic carbocycles. The van der Waals surface area contributed by atoms with Gasteiger partial charge in [0.2, 0.25) is 11.8 Å². The predicted octanol–water partition coefficient (Wildman–Crippen LogP) is 5.82. The largest absolute Gasteiger partial charge is 0.493 e. The molecule has 236 valence electrons. The van der Waals surface area contributed by atoms with E-state index in [0.29, 0.717) is 16.3 Å². The molecule has 1 aliphatic rings. The third kappa shape index (κ3) is 7.75. The topological polar surface area (TPSA) is 105 Å². The van der Waals surface area contributed by atoms with E-state index in [2.05, 4.69) is 5.32 Å². The minimum absolute atomic E-state index is 0.00201. The van der Waals surface area contributed by atoms with E-state index in [0.717, 1.165) is 42.1 Å². The molecule has 0 aliphatic heterocycles. The highest BCUT2D eigenvalue weighted by Gasteiger charge is 2.34. The average Bonchev–Trinajstić information content (AvgIpc) is 3.52. The summed E-state index contributed by atoms with van der Waals surface area (Å²) in [5, 5.41) is 3.69. The van der Waals surface area contributed by atoms with Gasteiger partial charge in [0.05, 0.1) is 24.8 Å². The number of hydrogen-bond acceptors (Lipinski definition) is 6. The fraction of sp³-hybridized carbons (Fsp3) is 0.355. The lowest BCUT2D eigenvalue weighted by Gasteiger charge is -2.32. The molecular formula is C31H34Cl2FN3O6S. The van der Waals surface area contributed by atoms with Gasteiger partial charge in [-0.15, -0.1) is 0 Å². The second kappa shape index (κ2) is 14.5. The molecule has 1 aliphatic carbocycles. The maximum absolute atomic E-state index is 14.1. The van der Waals surface area contributed by atoms with E-state index in [9.17, 15) is 22.4 Å². The molecule has 0 heterocycles. The van der Waals surface area contributed by atoms with Gasteiger partial charge >= 0.3 is 0 Å². The summed E-state index contributed by atoms with van der Waals surface area (Å²) in [4.78, 5) is 28.6. The van der Waals surface area contributed by atoms with Crippen LogP contribution in [0.3, 0.4) is 0 Å². The van der Waals surface area contributed by atoms with Gasteiger partial charge in [-0.2, -0.15) is 0 Å². The van der Waals surface area contributed by atoms with Crippen LogP contribution in [-0.2, 0) is 26.2 Å². The molecule has 1 unspecified atom stereocenters. The fourth-order valence-electron chi connectivity index (χ4n) is 5.05. The van der Waals surface area contributed by atoms with Crippen LogP contribution in [-0.4, -0.2) is 58.0 Å². The standard InChI is InChI=1S/C31H34Cl2FN3O6S/c1-20(31(39)35-24-6-4-5-7-24)36(18-21-8-9-22(32)16-27(21)33)30(38)19-37(25-12-10-23(34)11-13-25)44(40,41)26-14-15-28(42-2)29(17-26)43-3/h8-17,20,24H,4-7,18-19H2,1-3H3,(H,35,39). The third-order valence-corrected chi connectivity index (χ3v) is 9.92. The van der Waals surface area contributed by atoms with Crippen molar-refractivity contribution in [1.82, 2.24) is 10.2 Å². The van der Waals surface area contributed by atoms with Crippen molar-refractivity contribution in [2.24, 2.45) is 0 Å². The number of benzene rings is 3. The van der Waals surface area contributed by atoms with Gasteiger partial charge in [0.25, 0.3) is 10.0 Å². The van der Waals surface area contributed by atoms with Crippen LogP contribution >= 0.6 is 23.2 Å². The normalized spacial score (nSPS) is 14.1. The van der Waals surface area contributed by atoms with Gasteiger partial charge in [-0.25, -0.2) is 12.8 Å². The molecule has 1 atom stereocenters. The van der Waals surface area contributed by atoms with Gasteiger partial charge in [-0.05, 0) is 73.9 Å². The van der Waals surface area contributed by atoms with Gasteiger partial charge in [0, 0.05) is 28.7 Å². The highest BCUT2D eigenvalue weighted by atomic mass is 35.5. The number of sulfonamides is 1. The molecule has 0 saturated heterocycles. The van der Waals surface area contributed by atoms with E-state index in [1.807, 2.05) is 0 Å². The Morgan fingerprint density at radius 1 is 0.977 bits per heavy atom. The number of ether oxygens (including phenoxy) is 2. The summed E-state index contributed by atoms with van der Waals surface area (Å²) in [6.07, 6.45) is 3.70. The van der Waals surface area contributed by atoms with Crippen molar-refractivity contribution in [3.8, 4) is 11.5 Å². The number of rotatable bonds is 12. The summed E-state index contributed by atoms with van der Waals surface area (Å²) in [5.74, 6) is -1.16. The molecule has 4 rings (SSSR count). The first kappa shape index (κ1) is 33.4. The SMILES string of the molecule is COc1ccc(S(=O)(=O)N(CC(=O)N(Cc2ccc(Cl)cc2Cl)C(C)C(=O)NC2CCCC2)c2ccc(F)cc2)cc1OC. The zero-order valence-corrected chi connectivity index (χ0v) is 26.9. The molecule has 13 heteroatoms. The first-order valence-corrected chi connectivity index (χ1v) is 16.2. The van der Waals surface area contributed by atoms with Crippen molar-refractivity contribution < 1.29 is 31.9 Å². The van der Waals surface area contributed by atoms with Crippen LogP contribution in [0.15, 0.2) is 65.6 Å². The molecule has 0 spiro atoms. The highest BCUT2D eigenvalue weighted by Crippen LogP contribution is 2.33. The number of hydrogen-bond donors (Lipinski definition) is 1. The number of carbonyl (C=O) groups is 2. The molecule has 2 amide bonds. The van der Waals surface area contributed by atoms with E-state index in [-0.39, 0.29) is 39.8 Å². The summed E-state index contributed by atoms with van der Waals surface area (Å²) >= 11 is 12.5. The number of amides is 2. The van der Waals surface area contributed by atoms with Gasteiger partial charge in [-0.1, -0.05) is 42.1 Å². The monoisotopic (exact) mass is 665 g/mol. The second-order valence-corrected chi connectivity index (χ2v) is 13.1. The fourth-order valence-corrected chi connectivity index (χ4v) is 6.95. The molecule has 9 nitrogen and oxygen atoms in total. The van der Waals surface area contributed by atoms with Gasteiger partial charge in [0.1, 0.15) is 18.4 Å². The van der Waals surface area contributed by atoms with E-state index in [1.165, 1.54) is 55.5 Å². The zero-order chi connectivity index (χ0) is 32.0. The molecule has 44 heavy (non-hydrogen) atoms. The maximum Gasteiger partial charge on any atom is 0.264 e. The average molecular weight is 667 g/mol. The summed E-state index contributed by atoms with van der Waals surface area (Å²) in [5.41, 5.74) is 0.558. The van der Waals surface area contributed by atoms with Gasteiger partial charge in [-0.3, -0.25) is 13.9 Å². The van der Waals surface area contributed by atoms with Crippen molar-refractivity contribution in [2.45, 2.75) is 56.1 Å². The molecule has 0 radical (unpaired) electrons. The summed E-state index contributed by atoms with van der Waals surface area (Å²) in [7, 11) is -1.63. The molecular weight excluding hydrogens is 632 g/mol. The van der Waals surface area contributed by atoms with E-state index < -0.39 is 34.3 Å². The number of halogens is 3. The van der Waals surface area contributed by atoms with Crippen molar-refractivity contribution in [3.05, 3.63) is 82.1 Å². The Morgan fingerprint density at radius 3 is 2.25 bits per heavy atom. The Bertz CT molecular complexity index is 1600. The van der Waals surface area contributed by atoms with Crippen LogP contribution < -0.4 is 19.1 Å². The molecule has 0 aromatic heterocycles. The first-order valence-electron chi connectivity index (χ1n) is 14.0. The van der Waals surface area contributed by atoms with E-state index in [4.69, 9.17) is 32.7 Å². The first-order chi connectivity index (χ1) is 20.9. The van der Waals surface area contributed by atoms with Crippen molar-refractivity contribution in [3.63, 3.8) is 0 Å². The van der Waals surface area contributed by atoms with Crippen LogP contribution in [0.25, 0.3) is 0 Å². The predicted molar refractivity (Wildman–Crippen MR) is 167 cm³/mol. The second-order valence-electron chi connectivity index (χ2n) is 10.4. The lowest BCUT2D eigenvalue weighted by atomic mass is 10.1. The Labute approximate surface area is 266 Å². The zero-order valence-electron chi connectivity index (χ0n) is 24.6. The van der Waals surface area contributed by atoms with Crippen LogP contribution in [0.2, 0.25) is 10.0 Å². The van der Waals surface area contributed by atoms with Crippen molar-refractivity contribution in [2.75, 3.05) is 25.1 Å². The summed E-state index contributed by atoms with van der Waals surface area (Å²) in [6.45, 7) is 0.785. The molecule has 1 fully saturated rings. The van der Waals surface area contributed by atoms with E-state index in [1.54, 1.807) is 19.1 Å². The van der Waals surface area contributed by atoms with Gasteiger partial charge < -0.3 is 19.7 Å². The summed E-state index contributed by atoms with van der Waals surface area (Å²) in [6, 6.07) is 12.5. The Morgan fingerprint density at radius 2 is 1.64 bits per heavy atom. The van der Waals surface area contributed by atoms with Crippen LogP contribution in [0.5, 0.6) is 11.5 Å². The number of carbonyl (C=O) groups excluding carboxylic acids is 2. The third-order valence-electron chi connectivity index (χ3n) is 7.56. The Hall–Kier alpha value is -3.54. The van der Waals surface area contributed by atoms with Crippen LogP contribution in [0, 0.1) is 5.82 Å². The van der Waals surface area contributed by atoms with Crippen LogP contribution in [0.4, 0.5) is 10.1 Å². The van der Waals surface area contributed by atoms with Gasteiger partial charge in [0.15, 0.2) is 11.5 Å². The minimum Gasteiger partial charge on any atom is -0.493 e. The van der Waals surface area contributed by atoms with Crippen molar-refractivity contribution >= 4 is 50.7 Å². The maximum atomic E-state index is 14.1. The highest BCUT2D eigenvalue weighted by molar-refractivity contribution is 7.92. The van der Waals surface area contributed by atoms with E-state index >= 15 is 0 Å². The molecule has 3 aromatic rings. The lowest BCUT2D eigenvalue weighted by molar-refractivity contribution is -0.139. The van der Waals surface area contributed by atoms with Crippen LogP contribution in [0.1, 0.15) is 38.2 Å². The molecule has 0 bridgehead atoms. The lowest BCUT2D eigenvalue weighted by Crippen LogP contribution is -2.52. The Balaban J connectivity index is 1.73. The Kier molecular flexibility index (Phi) is 11.0. The number of anilines is 1. The quantitative estimate of drug-likeness (QED) is 0.261.